The van der Waals surface area contributed by atoms with Crippen LogP contribution in [-0.4, -0.2) is 45.8 Å². The highest BCUT2D eigenvalue weighted by Crippen LogP contribution is 2.57. The average Bonchev–Trinajstić information content (AvgIpc) is 3.34. The molecule has 0 bridgehead atoms. The Morgan fingerprint density at radius 3 is 1.78 bits per heavy atom. The van der Waals surface area contributed by atoms with E-state index in [1.54, 1.807) is 0 Å². The Hall–Kier alpha value is -4.39. The molecule has 246 valence electrons. The summed E-state index contributed by atoms with van der Waals surface area (Å²) in [6, 6.07) is 8.41. The predicted octanol–water partition coefficient (Wildman–Crippen LogP) is 7.17. The van der Waals surface area contributed by atoms with Crippen LogP contribution in [-0.2, 0) is 18.4 Å². The van der Waals surface area contributed by atoms with Gasteiger partial charge < -0.3 is 11.1 Å². The number of nitrogens with two attached hydrogens (primary N) is 1. The van der Waals surface area contributed by atoms with Crippen molar-refractivity contribution in [2.45, 2.75) is 49.5 Å². The Labute approximate surface area is 241 Å². The first-order chi connectivity index (χ1) is 20.3. The van der Waals surface area contributed by atoms with Crippen LogP contribution in [0, 0.1) is 6.92 Å². The minimum atomic E-state index is -7.25. The average molecular weight is 670 g/mol. The summed E-state index contributed by atoms with van der Waals surface area (Å²) in [6.07, 6.45) is -15.0. The number of hydrogen-bond donors (Lipinski definition) is 2. The fourth-order valence-electron chi connectivity index (χ4n) is 3.87. The Morgan fingerprint density at radius 2 is 1.29 bits per heavy atom. The molecule has 2 aromatic carbocycles. The number of amides is 2. The van der Waals surface area contributed by atoms with Gasteiger partial charge >= 0.3 is 36.0 Å². The summed E-state index contributed by atoms with van der Waals surface area (Å²) in [7, 11) is 0. The normalized spacial score (nSPS) is 13.6. The maximum Gasteiger partial charge on any atom is 0.460 e. The maximum atomic E-state index is 14.5. The van der Waals surface area contributed by atoms with Crippen molar-refractivity contribution in [2.24, 2.45) is 5.73 Å². The van der Waals surface area contributed by atoms with E-state index in [2.05, 4.69) is 10.4 Å². The van der Waals surface area contributed by atoms with E-state index in [0.717, 1.165) is 18.2 Å². The second-order valence-corrected chi connectivity index (χ2v) is 9.40. The predicted molar refractivity (Wildman–Crippen MR) is 125 cm³/mol. The topological polar surface area (TPSA) is 90.0 Å². The van der Waals surface area contributed by atoms with Gasteiger partial charge in [-0.1, -0.05) is 24.3 Å². The number of halogens is 14. The molecule has 1 heterocycles. The van der Waals surface area contributed by atoms with E-state index in [1.165, 1.54) is 31.2 Å². The van der Waals surface area contributed by atoms with Crippen LogP contribution >= 0.6 is 0 Å². The molecule has 20 heteroatoms. The summed E-state index contributed by atoms with van der Waals surface area (Å²) in [4.78, 5) is 24.2. The van der Waals surface area contributed by atoms with Crippen LogP contribution in [0.25, 0.3) is 0 Å². The van der Waals surface area contributed by atoms with Crippen LogP contribution in [0.1, 0.15) is 43.1 Å². The van der Waals surface area contributed by atoms with Gasteiger partial charge in [0, 0.05) is 11.9 Å². The molecule has 1 aromatic heterocycles. The highest BCUT2D eigenvalue weighted by atomic mass is 19.4. The van der Waals surface area contributed by atoms with Crippen LogP contribution < -0.4 is 11.1 Å². The van der Waals surface area contributed by atoms with Crippen molar-refractivity contribution in [3.8, 4) is 0 Å². The van der Waals surface area contributed by atoms with Gasteiger partial charge in [-0.25, -0.2) is 0 Å². The second kappa shape index (κ2) is 11.2. The highest BCUT2D eigenvalue weighted by Gasteiger charge is 2.79. The van der Waals surface area contributed by atoms with Crippen molar-refractivity contribution in [3.63, 3.8) is 0 Å². The Bertz CT molecular complexity index is 1550. The lowest BCUT2D eigenvalue weighted by atomic mass is 9.96. The van der Waals surface area contributed by atoms with E-state index in [9.17, 15) is 71.1 Å². The molecule has 3 rings (SSSR count). The van der Waals surface area contributed by atoms with Crippen molar-refractivity contribution in [1.82, 2.24) is 9.78 Å². The van der Waals surface area contributed by atoms with Crippen molar-refractivity contribution >= 4 is 17.5 Å². The monoisotopic (exact) mass is 670 g/mol. The van der Waals surface area contributed by atoms with E-state index in [-0.39, 0.29) is 32.6 Å². The summed E-state index contributed by atoms with van der Waals surface area (Å²) in [5.74, 6) is -30.0. The third-order valence-corrected chi connectivity index (χ3v) is 6.22. The zero-order chi connectivity index (χ0) is 34.6. The number of hydrogen-bond acceptors (Lipinski definition) is 3. The minimum absolute atomic E-state index is 0.00225. The van der Waals surface area contributed by atoms with Crippen LogP contribution in [0.4, 0.5) is 67.2 Å². The van der Waals surface area contributed by atoms with Crippen molar-refractivity contribution in [1.29, 1.82) is 0 Å². The van der Waals surface area contributed by atoms with E-state index < -0.39 is 71.9 Å². The molecule has 0 saturated heterocycles. The summed E-state index contributed by atoms with van der Waals surface area (Å²) >= 11 is 0. The molecule has 0 aliphatic rings. The first kappa shape index (κ1) is 35.1. The number of rotatable bonds is 9. The molecular formula is C25H16F14N4O2. The number of carbonyl (C=O) groups excluding carboxylic acids is 2. The Kier molecular flexibility index (Phi) is 8.73. The molecule has 0 spiro atoms. The van der Waals surface area contributed by atoms with Crippen molar-refractivity contribution in [3.05, 3.63) is 82.2 Å². The molecule has 6 nitrogen and oxygen atoms in total. The molecule has 2 amide bonds. The van der Waals surface area contributed by atoms with Crippen molar-refractivity contribution in [2.75, 3.05) is 5.32 Å². The van der Waals surface area contributed by atoms with Gasteiger partial charge in [-0.2, -0.15) is 66.6 Å². The number of primary amides is 1. The van der Waals surface area contributed by atoms with Gasteiger partial charge in [-0.15, -0.1) is 0 Å². The van der Waals surface area contributed by atoms with E-state index in [0.29, 0.717) is 0 Å². The smallest absolute Gasteiger partial charge is 0.366 e. The zero-order valence-corrected chi connectivity index (χ0v) is 21.9. The lowest BCUT2D eigenvalue weighted by molar-refractivity contribution is -0.367. The molecular weight excluding hydrogens is 654 g/mol. The minimum Gasteiger partial charge on any atom is -0.366 e. The number of nitrogens with one attached hydrogen (secondary N) is 1. The van der Waals surface area contributed by atoms with Gasteiger partial charge in [-0.3, -0.25) is 14.3 Å². The number of carbonyl (C=O) groups is 2. The molecule has 3 aromatic rings. The number of nitrogens with zero attached hydrogens (tertiary/aromatic N) is 2. The van der Waals surface area contributed by atoms with Gasteiger partial charge in [0.15, 0.2) is 0 Å². The molecule has 0 unspecified atom stereocenters. The first-order valence-electron chi connectivity index (χ1n) is 11.8. The van der Waals surface area contributed by atoms with Crippen LogP contribution in [0.2, 0.25) is 0 Å². The summed E-state index contributed by atoms with van der Waals surface area (Å²) in [6.45, 7) is 0.170. The lowest BCUT2D eigenvalue weighted by Gasteiger charge is -2.31. The van der Waals surface area contributed by atoms with E-state index in [4.69, 9.17) is 5.73 Å². The molecule has 0 aliphatic carbocycles. The quantitative estimate of drug-likeness (QED) is 0.237. The summed E-state index contributed by atoms with van der Waals surface area (Å²) < 4.78 is 189. The fraction of sp³-hybridized carbons (Fsp3) is 0.320. The largest absolute Gasteiger partial charge is 0.460 e. The number of anilines is 1. The summed E-state index contributed by atoms with van der Waals surface area (Å²) in [5, 5.41) is 4.86. The van der Waals surface area contributed by atoms with Crippen LogP contribution in [0.3, 0.4) is 0 Å². The number of alkyl halides is 14. The molecule has 0 radical (unpaired) electrons. The van der Waals surface area contributed by atoms with E-state index >= 15 is 0 Å². The fourth-order valence-corrected chi connectivity index (χ4v) is 3.87. The van der Waals surface area contributed by atoms with Crippen molar-refractivity contribution < 1.29 is 71.1 Å². The van der Waals surface area contributed by atoms with Gasteiger partial charge in [0.05, 0.1) is 23.2 Å². The van der Waals surface area contributed by atoms with Gasteiger partial charge in [0.2, 0.25) is 5.91 Å². The SMILES string of the molecule is Cc1cc(Cn2cc(C(F)(F)C(F)(F)C(F)(F)F)c(C(F)(F)C(F)(F)C(F)(F)F)n2)ccc1NC(=O)c1ccccc1C(N)=O. The first-order valence-corrected chi connectivity index (χ1v) is 11.8. The molecule has 45 heavy (non-hydrogen) atoms. The van der Waals surface area contributed by atoms with Crippen LogP contribution in [0.15, 0.2) is 48.7 Å². The van der Waals surface area contributed by atoms with E-state index in [1.807, 2.05) is 0 Å². The van der Waals surface area contributed by atoms with Gasteiger partial charge in [0.1, 0.15) is 5.69 Å². The zero-order valence-electron chi connectivity index (χ0n) is 21.9. The summed E-state index contributed by atoms with van der Waals surface area (Å²) in [5.41, 5.74) is -1.89. The Morgan fingerprint density at radius 1 is 0.778 bits per heavy atom. The third kappa shape index (κ3) is 6.13. The van der Waals surface area contributed by atoms with Crippen LogP contribution in [0.5, 0.6) is 0 Å². The number of aryl methyl sites for hydroxylation is 1. The van der Waals surface area contributed by atoms with Gasteiger partial charge in [0.25, 0.3) is 5.91 Å². The molecule has 0 aliphatic heterocycles. The second-order valence-electron chi connectivity index (χ2n) is 9.40. The van der Waals surface area contributed by atoms with Gasteiger partial charge in [-0.05, 0) is 36.2 Å². The highest BCUT2D eigenvalue weighted by molar-refractivity contribution is 6.12. The lowest BCUT2D eigenvalue weighted by Crippen LogP contribution is -2.53. The molecule has 0 saturated carbocycles. The Balaban J connectivity index is 2.06. The molecule has 0 atom stereocenters. The third-order valence-electron chi connectivity index (χ3n) is 6.22. The number of aromatic nitrogens is 2. The standard InChI is InChI=1S/C25H16F14N4O2/c1-11-8-12(6-7-16(11)41-19(45)14-5-3-2-4-13(14)18(40)44)9-43-10-15(20(26,27)22(30,31)24(34,35)36)17(42-43)21(28,29)23(32,33)25(37,38)39/h2-8,10H,9H2,1H3,(H2,40,44)(H,41,45). The number of benzene rings is 2. The molecule has 0 fully saturated rings. The molecule has 3 N–H and O–H groups in total. The maximum absolute atomic E-state index is 14.5.